The lowest BCUT2D eigenvalue weighted by Crippen LogP contribution is -2.37. The largest absolute Gasteiger partial charge is 0.329 e. The van der Waals surface area contributed by atoms with Crippen LogP contribution in [0.5, 0.6) is 0 Å². The van der Waals surface area contributed by atoms with Crippen LogP contribution in [-0.4, -0.2) is 24.0 Å². The van der Waals surface area contributed by atoms with Gasteiger partial charge < -0.3 is 5.73 Å². The summed E-state index contributed by atoms with van der Waals surface area (Å²) < 4.78 is 0. The average molecular weight is 315 g/mol. The summed E-state index contributed by atoms with van der Waals surface area (Å²) in [6.45, 7) is 6.20. The second-order valence-corrected chi connectivity index (χ2v) is 6.91. The fourth-order valence-corrected chi connectivity index (χ4v) is 3.15. The lowest BCUT2D eigenvalue weighted by atomic mass is 10.0. The molecule has 0 heterocycles. The van der Waals surface area contributed by atoms with E-state index < -0.39 is 0 Å². The summed E-state index contributed by atoms with van der Waals surface area (Å²) in [5.41, 5.74) is 7.16. The van der Waals surface area contributed by atoms with Gasteiger partial charge in [-0.25, -0.2) is 0 Å². The lowest BCUT2D eigenvalue weighted by Gasteiger charge is -2.32. The fourth-order valence-electron chi connectivity index (χ4n) is 2.62. The predicted octanol–water partition coefficient (Wildman–Crippen LogP) is 4.50. The predicted molar refractivity (Wildman–Crippen MR) is 87.4 cm³/mol. The molecule has 1 unspecified atom stereocenters. The normalized spacial score (nSPS) is 16.9. The van der Waals surface area contributed by atoms with Gasteiger partial charge in [0.05, 0.1) is 0 Å². The first-order valence-electron chi connectivity index (χ1n) is 7.43. The van der Waals surface area contributed by atoms with Crippen LogP contribution in [0.4, 0.5) is 0 Å². The Bertz CT molecular complexity index is 444. The molecule has 4 heteroatoms. The smallest absolute Gasteiger partial charge is 0.0488 e. The molecule has 20 heavy (non-hydrogen) atoms. The van der Waals surface area contributed by atoms with Gasteiger partial charge in [-0.1, -0.05) is 43.1 Å². The van der Waals surface area contributed by atoms with Crippen molar-refractivity contribution in [1.82, 2.24) is 4.90 Å². The SMILES string of the molecule is CC(C)CCN(C1CC1)C(CN)c1ccc(Cl)cc1Cl. The zero-order valence-electron chi connectivity index (χ0n) is 12.3. The van der Waals surface area contributed by atoms with Crippen molar-refractivity contribution >= 4 is 23.2 Å². The molecule has 1 saturated carbocycles. The Morgan fingerprint density at radius 2 is 2.00 bits per heavy atom. The van der Waals surface area contributed by atoms with Gasteiger partial charge in [-0.05, 0) is 49.4 Å². The van der Waals surface area contributed by atoms with Crippen molar-refractivity contribution in [2.75, 3.05) is 13.1 Å². The van der Waals surface area contributed by atoms with E-state index in [9.17, 15) is 0 Å². The third kappa shape index (κ3) is 4.11. The molecule has 1 aromatic carbocycles. The minimum Gasteiger partial charge on any atom is -0.329 e. The van der Waals surface area contributed by atoms with Crippen molar-refractivity contribution in [2.45, 2.75) is 45.2 Å². The number of halogens is 2. The molecule has 2 rings (SSSR count). The summed E-state index contributed by atoms with van der Waals surface area (Å²) in [4.78, 5) is 2.54. The highest BCUT2D eigenvalue weighted by Gasteiger charge is 2.34. The molecule has 0 aliphatic heterocycles. The molecule has 112 valence electrons. The van der Waals surface area contributed by atoms with Crippen molar-refractivity contribution in [3.8, 4) is 0 Å². The van der Waals surface area contributed by atoms with Gasteiger partial charge in [-0.3, -0.25) is 4.90 Å². The maximum atomic E-state index is 6.37. The molecule has 0 amide bonds. The topological polar surface area (TPSA) is 29.3 Å². The minimum atomic E-state index is 0.200. The van der Waals surface area contributed by atoms with Gasteiger partial charge in [0.1, 0.15) is 0 Å². The summed E-state index contributed by atoms with van der Waals surface area (Å²) in [5.74, 6) is 0.704. The summed E-state index contributed by atoms with van der Waals surface area (Å²) in [5, 5.41) is 1.40. The minimum absolute atomic E-state index is 0.200. The Balaban J connectivity index is 2.18. The van der Waals surface area contributed by atoms with Crippen LogP contribution in [0.25, 0.3) is 0 Å². The monoisotopic (exact) mass is 314 g/mol. The number of benzene rings is 1. The molecule has 1 aliphatic rings. The van der Waals surface area contributed by atoms with Crippen molar-refractivity contribution < 1.29 is 0 Å². The van der Waals surface area contributed by atoms with E-state index in [0.29, 0.717) is 23.5 Å². The molecule has 1 atom stereocenters. The Morgan fingerprint density at radius 1 is 1.30 bits per heavy atom. The molecule has 0 saturated heterocycles. The molecule has 0 spiro atoms. The van der Waals surface area contributed by atoms with E-state index in [-0.39, 0.29) is 6.04 Å². The van der Waals surface area contributed by atoms with E-state index in [4.69, 9.17) is 28.9 Å². The number of hydrogen-bond acceptors (Lipinski definition) is 2. The van der Waals surface area contributed by atoms with Crippen LogP contribution in [-0.2, 0) is 0 Å². The molecule has 1 aromatic rings. The Morgan fingerprint density at radius 3 is 2.50 bits per heavy atom. The number of rotatable bonds is 7. The van der Waals surface area contributed by atoms with E-state index in [1.807, 2.05) is 18.2 Å². The number of nitrogens with zero attached hydrogens (tertiary/aromatic N) is 1. The third-order valence-electron chi connectivity index (χ3n) is 3.93. The first kappa shape index (κ1) is 16.1. The summed E-state index contributed by atoms with van der Waals surface area (Å²) >= 11 is 12.4. The summed E-state index contributed by atoms with van der Waals surface area (Å²) in [7, 11) is 0. The molecule has 2 N–H and O–H groups in total. The zero-order valence-corrected chi connectivity index (χ0v) is 13.8. The van der Waals surface area contributed by atoms with E-state index in [2.05, 4.69) is 18.7 Å². The molecule has 0 radical (unpaired) electrons. The van der Waals surface area contributed by atoms with E-state index >= 15 is 0 Å². The van der Waals surface area contributed by atoms with E-state index in [0.717, 1.165) is 17.1 Å². The highest BCUT2D eigenvalue weighted by Crippen LogP contribution is 2.37. The maximum absolute atomic E-state index is 6.37. The van der Waals surface area contributed by atoms with Gasteiger partial charge in [0.2, 0.25) is 0 Å². The van der Waals surface area contributed by atoms with Crippen LogP contribution < -0.4 is 5.73 Å². The number of hydrogen-bond donors (Lipinski definition) is 1. The Hall–Kier alpha value is -0.280. The summed E-state index contributed by atoms with van der Waals surface area (Å²) in [6.07, 6.45) is 3.75. The molecule has 0 bridgehead atoms. The van der Waals surface area contributed by atoms with Gasteiger partial charge in [0, 0.05) is 28.7 Å². The Labute approximate surface area is 132 Å². The fraction of sp³-hybridized carbons (Fsp3) is 0.625. The lowest BCUT2D eigenvalue weighted by molar-refractivity contribution is 0.181. The molecule has 2 nitrogen and oxygen atoms in total. The van der Waals surface area contributed by atoms with Crippen LogP contribution >= 0.6 is 23.2 Å². The highest BCUT2D eigenvalue weighted by molar-refractivity contribution is 6.35. The second-order valence-electron chi connectivity index (χ2n) is 6.07. The van der Waals surface area contributed by atoms with Crippen molar-refractivity contribution in [1.29, 1.82) is 0 Å². The molecule has 1 fully saturated rings. The van der Waals surface area contributed by atoms with Crippen LogP contribution in [0.2, 0.25) is 10.0 Å². The Kier molecular flexibility index (Phi) is 5.74. The molecular weight excluding hydrogens is 291 g/mol. The number of nitrogens with two attached hydrogens (primary N) is 1. The van der Waals surface area contributed by atoms with Crippen molar-refractivity contribution in [3.05, 3.63) is 33.8 Å². The van der Waals surface area contributed by atoms with Gasteiger partial charge in [0.25, 0.3) is 0 Å². The zero-order chi connectivity index (χ0) is 14.7. The molecular formula is C16H24Cl2N2. The van der Waals surface area contributed by atoms with Crippen LogP contribution in [0, 0.1) is 5.92 Å². The van der Waals surface area contributed by atoms with Gasteiger partial charge in [-0.2, -0.15) is 0 Å². The van der Waals surface area contributed by atoms with Gasteiger partial charge in [-0.15, -0.1) is 0 Å². The highest BCUT2D eigenvalue weighted by atomic mass is 35.5. The van der Waals surface area contributed by atoms with Crippen LogP contribution in [0.15, 0.2) is 18.2 Å². The average Bonchev–Trinajstić information content (AvgIpc) is 3.19. The van der Waals surface area contributed by atoms with E-state index in [1.54, 1.807) is 0 Å². The molecule has 0 aromatic heterocycles. The van der Waals surface area contributed by atoms with Crippen molar-refractivity contribution in [2.24, 2.45) is 11.7 Å². The van der Waals surface area contributed by atoms with Gasteiger partial charge >= 0.3 is 0 Å². The standard InChI is InChI=1S/C16H24Cl2N2/c1-11(2)7-8-20(13-4-5-13)16(10-19)14-6-3-12(17)9-15(14)18/h3,6,9,11,13,16H,4-5,7-8,10,19H2,1-2H3. The quantitative estimate of drug-likeness (QED) is 0.802. The summed E-state index contributed by atoms with van der Waals surface area (Å²) in [6, 6.07) is 6.61. The van der Waals surface area contributed by atoms with Crippen molar-refractivity contribution in [3.63, 3.8) is 0 Å². The first-order chi connectivity index (χ1) is 9.52. The van der Waals surface area contributed by atoms with Crippen LogP contribution in [0.3, 0.4) is 0 Å². The van der Waals surface area contributed by atoms with E-state index in [1.165, 1.54) is 19.3 Å². The third-order valence-corrected chi connectivity index (χ3v) is 4.49. The van der Waals surface area contributed by atoms with Crippen LogP contribution in [0.1, 0.15) is 44.7 Å². The maximum Gasteiger partial charge on any atom is 0.0488 e. The van der Waals surface area contributed by atoms with Gasteiger partial charge in [0.15, 0.2) is 0 Å². The second kappa shape index (κ2) is 7.13. The molecule has 1 aliphatic carbocycles. The first-order valence-corrected chi connectivity index (χ1v) is 8.19.